The van der Waals surface area contributed by atoms with E-state index in [2.05, 4.69) is 10.2 Å². The summed E-state index contributed by atoms with van der Waals surface area (Å²) in [6.07, 6.45) is 0. The third-order valence-electron chi connectivity index (χ3n) is 5.53. The Morgan fingerprint density at radius 1 is 0.969 bits per heavy atom. The molecule has 1 N–H and O–H groups in total. The van der Waals surface area contributed by atoms with Crippen molar-refractivity contribution in [1.29, 1.82) is 0 Å². The summed E-state index contributed by atoms with van der Waals surface area (Å²) >= 11 is 5.91. The third kappa shape index (κ3) is 5.00. The van der Waals surface area contributed by atoms with Gasteiger partial charge >= 0.3 is 0 Å². The Bertz CT molecular complexity index is 1100. The van der Waals surface area contributed by atoms with Crippen LogP contribution in [0.15, 0.2) is 72.8 Å². The predicted octanol–water partition coefficient (Wildman–Crippen LogP) is 4.82. The van der Waals surface area contributed by atoms with Gasteiger partial charge < -0.3 is 15.1 Å². The molecule has 0 saturated carbocycles. The number of halogens is 1. The van der Waals surface area contributed by atoms with Crippen LogP contribution in [0.3, 0.4) is 0 Å². The number of anilines is 2. The Morgan fingerprint density at radius 2 is 1.66 bits per heavy atom. The maximum Gasteiger partial charge on any atom is 0.292 e. The molecule has 0 atom stereocenters. The summed E-state index contributed by atoms with van der Waals surface area (Å²) in [5.41, 5.74) is 3.08. The molecule has 1 aliphatic rings. The summed E-state index contributed by atoms with van der Waals surface area (Å²) < 4.78 is 0. The molecule has 7 nitrogen and oxygen atoms in total. The summed E-state index contributed by atoms with van der Waals surface area (Å²) in [6.45, 7) is 2.94. The van der Waals surface area contributed by atoms with Gasteiger partial charge in [-0.2, -0.15) is 0 Å². The number of nitro groups is 1. The number of carbonyl (C=O) groups excluding carboxylic acids is 1. The minimum atomic E-state index is -0.375. The maximum absolute atomic E-state index is 12.7. The van der Waals surface area contributed by atoms with E-state index in [0.29, 0.717) is 49.0 Å². The van der Waals surface area contributed by atoms with E-state index in [4.69, 9.17) is 11.6 Å². The Balaban J connectivity index is 1.44. The molecule has 1 aliphatic heterocycles. The SMILES string of the molecule is O=C(c1ccc(Cl)cc1)N1CCN(c2ccc([N+](=O)[O-])c(NCc3ccccc3)c2)CC1. The predicted molar refractivity (Wildman–Crippen MR) is 126 cm³/mol. The molecule has 8 heteroatoms. The first-order valence-electron chi connectivity index (χ1n) is 10.4. The zero-order valence-corrected chi connectivity index (χ0v) is 18.2. The van der Waals surface area contributed by atoms with E-state index >= 15 is 0 Å². The highest BCUT2D eigenvalue weighted by atomic mass is 35.5. The average Bonchev–Trinajstić information content (AvgIpc) is 2.83. The number of piperazine rings is 1. The maximum atomic E-state index is 12.7. The van der Waals surface area contributed by atoms with Gasteiger partial charge in [0.15, 0.2) is 0 Å². The molecule has 4 rings (SSSR count). The summed E-state index contributed by atoms with van der Waals surface area (Å²) in [7, 11) is 0. The minimum absolute atomic E-state index is 0.0183. The molecular formula is C24H23ClN4O3. The van der Waals surface area contributed by atoms with Gasteiger partial charge in [-0.1, -0.05) is 41.9 Å². The second-order valence-electron chi connectivity index (χ2n) is 7.58. The fourth-order valence-electron chi connectivity index (χ4n) is 3.76. The summed E-state index contributed by atoms with van der Waals surface area (Å²) in [6, 6.07) is 21.8. The van der Waals surface area contributed by atoms with E-state index in [1.165, 1.54) is 6.07 Å². The van der Waals surface area contributed by atoms with E-state index in [0.717, 1.165) is 11.3 Å². The molecule has 0 aromatic heterocycles. The highest BCUT2D eigenvalue weighted by Crippen LogP contribution is 2.30. The number of nitro benzene ring substituents is 1. The first-order valence-corrected chi connectivity index (χ1v) is 10.7. The molecule has 1 fully saturated rings. The number of carbonyl (C=O) groups is 1. The zero-order chi connectivity index (χ0) is 22.5. The summed E-state index contributed by atoms with van der Waals surface area (Å²) in [5.74, 6) is -0.0183. The molecule has 1 saturated heterocycles. The van der Waals surface area contributed by atoms with E-state index in [-0.39, 0.29) is 16.5 Å². The van der Waals surface area contributed by atoms with Crippen LogP contribution in [-0.4, -0.2) is 41.9 Å². The molecule has 164 valence electrons. The number of hydrogen-bond donors (Lipinski definition) is 1. The molecular weight excluding hydrogens is 428 g/mol. The van der Waals surface area contributed by atoms with Crippen LogP contribution < -0.4 is 10.2 Å². The van der Waals surface area contributed by atoms with Crippen molar-refractivity contribution in [3.8, 4) is 0 Å². The lowest BCUT2D eigenvalue weighted by molar-refractivity contribution is -0.384. The Labute approximate surface area is 191 Å². The monoisotopic (exact) mass is 450 g/mol. The molecule has 0 bridgehead atoms. The number of nitrogens with one attached hydrogen (secondary N) is 1. The van der Waals surface area contributed by atoms with Crippen LogP contribution in [0.4, 0.5) is 17.1 Å². The first-order chi connectivity index (χ1) is 15.5. The van der Waals surface area contributed by atoms with Crippen LogP contribution in [0, 0.1) is 10.1 Å². The normalized spacial score (nSPS) is 13.7. The highest BCUT2D eigenvalue weighted by molar-refractivity contribution is 6.30. The molecule has 0 unspecified atom stereocenters. The Morgan fingerprint density at radius 3 is 2.31 bits per heavy atom. The number of benzene rings is 3. The van der Waals surface area contributed by atoms with Crippen molar-refractivity contribution in [2.45, 2.75) is 6.54 Å². The highest BCUT2D eigenvalue weighted by Gasteiger charge is 2.24. The van der Waals surface area contributed by atoms with Gasteiger partial charge in [0.1, 0.15) is 5.69 Å². The molecule has 3 aromatic rings. The van der Waals surface area contributed by atoms with Gasteiger partial charge in [-0.25, -0.2) is 0 Å². The second kappa shape index (κ2) is 9.70. The van der Waals surface area contributed by atoms with Crippen molar-refractivity contribution in [1.82, 2.24) is 4.90 Å². The summed E-state index contributed by atoms with van der Waals surface area (Å²) in [4.78, 5) is 27.8. The van der Waals surface area contributed by atoms with Crippen molar-refractivity contribution >= 4 is 34.6 Å². The number of nitrogens with zero attached hydrogens (tertiary/aromatic N) is 3. The smallest absolute Gasteiger partial charge is 0.292 e. The van der Waals surface area contributed by atoms with Gasteiger partial charge in [-0.3, -0.25) is 14.9 Å². The molecule has 0 spiro atoms. The van der Waals surface area contributed by atoms with Gasteiger partial charge in [-0.15, -0.1) is 0 Å². The van der Waals surface area contributed by atoms with Crippen molar-refractivity contribution in [2.75, 3.05) is 36.4 Å². The lowest BCUT2D eigenvalue weighted by Crippen LogP contribution is -2.48. The van der Waals surface area contributed by atoms with Gasteiger partial charge in [-0.05, 0) is 42.0 Å². The molecule has 1 amide bonds. The molecule has 3 aromatic carbocycles. The van der Waals surface area contributed by atoms with Crippen molar-refractivity contribution in [2.24, 2.45) is 0 Å². The standard InChI is InChI=1S/C24H23ClN4O3/c25-20-8-6-19(7-9-20)24(30)28-14-12-27(13-15-28)21-10-11-23(29(31)32)22(16-21)26-17-18-4-2-1-3-5-18/h1-11,16,26H,12-15,17H2. The van der Waals surface area contributed by atoms with E-state index in [1.807, 2.05) is 41.3 Å². The Hall–Kier alpha value is -3.58. The molecule has 32 heavy (non-hydrogen) atoms. The largest absolute Gasteiger partial charge is 0.375 e. The van der Waals surface area contributed by atoms with Crippen LogP contribution in [-0.2, 0) is 6.54 Å². The zero-order valence-electron chi connectivity index (χ0n) is 17.4. The van der Waals surface area contributed by atoms with Gasteiger partial charge in [0.2, 0.25) is 0 Å². The van der Waals surface area contributed by atoms with Crippen LogP contribution in [0.5, 0.6) is 0 Å². The van der Waals surface area contributed by atoms with Crippen LogP contribution >= 0.6 is 11.6 Å². The van der Waals surface area contributed by atoms with Crippen LogP contribution in [0.1, 0.15) is 15.9 Å². The quantitative estimate of drug-likeness (QED) is 0.430. The number of amides is 1. The lowest BCUT2D eigenvalue weighted by atomic mass is 10.1. The summed E-state index contributed by atoms with van der Waals surface area (Å²) in [5, 5.41) is 15.3. The van der Waals surface area contributed by atoms with Crippen molar-refractivity contribution < 1.29 is 9.72 Å². The number of hydrogen-bond acceptors (Lipinski definition) is 5. The van der Waals surface area contributed by atoms with E-state index in [1.54, 1.807) is 30.3 Å². The van der Waals surface area contributed by atoms with Crippen LogP contribution in [0.2, 0.25) is 5.02 Å². The van der Waals surface area contributed by atoms with Gasteiger partial charge in [0, 0.05) is 55.1 Å². The van der Waals surface area contributed by atoms with Gasteiger partial charge in [0.25, 0.3) is 11.6 Å². The molecule has 0 radical (unpaired) electrons. The third-order valence-corrected chi connectivity index (χ3v) is 5.78. The first kappa shape index (κ1) is 21.6. The van der Waals surface area contributed by atoms with Crippen molar-refractivity contribution in [3.05, 3.63) is 99.1 Å². The van der Waals surface area contributed by atoms with E-state index in [9.17, 15) is 14.9 Å². The Kier molecular flexibility index (Phi) is 6.56. The minimum Gasteiger partial charge on any atom is -0.375 e. The van der Waals surface area contributed by atoms with E-state index < -0.39 is 0 Å². The fraction of sp³-hybridized carbons (Fsp3) is 0.208. The van der Waals surface area contributed by atoms with Crippen LogP contribution in [0.25, 0.3) is 0 Å². The topological polar surface area (TPSA) is 78.7 Å². The average molecular weight is 451 g/mol. The number of rotatable bonds is 6. The van der Waals surface area contributed by atoms with Crippen molar-refractivity contribution in [3.63, 3.8) is 0 Å². The molecule has 1 heterocycles. The fourth-order valence-corrected chi connectivity index (χ4v) is 3.88. The molecule has 0 aliphatic carbocycles. The second-order valence-corrected chi connectivity index (χ2v) is 8.02. The van der Waals surface area contributed by atoms with Gasteiger partial charge in [0.05, 0.1) is 4.92 Å². The lowest BCUT2D eigenvalue weighted by Gasteiger charge is -2.36.